The van der Waals surface area contributed by atoms with Gasteiger partial charge >= 0.3 is 0 Å². The molecule has 16 heavy (non-hydrogen) atoms. The van der Waals surface area contributed by atoms with Crippen molar-refractivity contribution in [3.8, 4) is 23.1 Å². The molecule has 2 rings (SSSR count). The van der Waals surface area contributed by atoms with E-state index < -0.39 is 0 Å². The molecular formula is C11H6ClN3O. The van der Waals surface area contributed by atoms with Gasteiger partial charge in [-0.15, -0.1) is 0 Å². The Morgan fingerprint density at radius 1 is 1.25 bits per heavy atom. The second-order valence-corrected chi connectivity index (χ2v) is 3.41. The van der Waals surface area contributed by atoms with Crippen LogP contribution >= 0.6 is 11.6 Å². The second-order valence-electron chi connectivity index (χ2n) is 3.05. The van der Waals surface area contributed by atoms with E-state index in [0.29, 0.717) is 5.69 Å². The molecule has 0 saturated heterocycles. The summed E-state index contributed by atoms with van der Waals surface area (Å²) in [7, 11) is 0. The zero-order valence-electron chi connectivity index (χ0n) is 8.05. The van der Waals surface area contributed by atoms with Crippen molar-refractivity contribution in [3.05, 3.63) is 41.3 Å². The quantitative estimate of drug-likeness (QED) is 0.818. The summed E-state index contributed by atoms with van der Waals surface area (Å²) < 4.78 is 0. The lowest BCUT2D eigenvalue weighted by molar-refractivity contribution is 0.475. The minimum atomic E-state index is 0.0769. The van der Waals surface area contributed by atoms with Crippen LogP contribution in [0.15, 0.2) is 30.5 Å². The summed E-state index contributed by atoms with van der Waals surface area (Å²) >= 11 is 5.77. The van der Waals surface area contributed by atoms with E-state index in [1.54, 1.807) is 24.3 Å². The molecule has 0 amide bonds. The highest BCUT2D eigenvalue weighted by Crippen LogP contribution is 2.21. The molecule has 0 aliphatic rings. The van der Waals surface area contributed by atoms with Crippen molar-refractivity contribution >= 4 is 11.6 Å². The van der Waals surface area contributed by atoms with Crippen molar-refractivity contribution in [2.24, 2.45) is 0 Å². The SMILES string of the molecule is N#Cc1ncc(-c2ccc(O)cc2)nc1Cl. The molecule has 4 nitrogen and oxygen atoms in total. The molecule has 1 aromatic carbocycles. The lowest BCUT2D eigenvalue weighted by Crippen LogP contribution is -1.91. The zero-order valence-corrected chi connectivity index (χ0v) is 8.81. The largest absolute Gasteiger partial charge is 0.508 e. The minimum Gasteiger partial charge on any atom is -0.508 e. The van der Waals surface area contributed by atoms with E-state index in [4.69, 9.17) is 22.0 Å². The minimum absolute atomic E-state index is 0.0769. The first-order chi connectivity index (χ1) is 7.70. The number of benzene rings is 1. The Morgan fingerprint density at radius 2 is 1.94 bits per heavy atom. The van der Waals surface area contributed by atoms with Crippen LogP contribution in [0.25, 0.3) is 11.3 Å². The summed E-state index contributed by atoms with van der Waals surface area (Å²) in [5.41, 5.74) is 1.44. The van der Waals surface area contributed by atoms with Crippen molar-refractivity contribution in [1.29, 1.82) is 5.26 Å². The Hall–Kier alpha value is -2.12. The third-order valence-electron chi connectivity index (χ3n) is 2.00. The number of aromatic hydroxyl groups is 1. The van der Waals surface area contributed by atoms with Gasteiger partial charge in [-0.25, -0.2) is 9.97 Å². The highest BCUT2D eigenvalue weighted by Gasteiger charge is 2.06. The smallest absolute Gasteiger partial charge is 0.177 e. The van der Waals surface area contributed by atoms with Gasteiger partial charge in [0.1, 0.15) is 11.8 Å². The number of nitriles is 1. The molecule has 2 aromatic rings. The van der Waals surface area contributed by atoms with Crippen molar-refractivity contribution in [3.63, 3.8) is 0 Å². The van der Waals surface area contributed by atoms with Gasteiger partial charge in [-0.2, -0.15) is 5.26 Å². The lowest BCUT2D eigenvalue weighted by Gasteiger charge is -2.01. The van der Waals surface area contributed by atoms with Crippen LogP contribution in [0, 0.1) is 11.3 Å². The van der Waals surface area contributed by atoms with Gasteiger partial charge in [-0.3, -0.25) is 0 Å². The number of phenolic OH excluding ortho intramolecular Hbond substituents is 1. The summed E-state index contributed by atoms with van der Waals surface area (Å²) in [6, 6.07) is 8.32. The van der Waals surface area contributed by atoms with Gasteiger partial charge in [0.05, 0.1) is 11.9 Å². The maximum Gasteiger partial charge on any atom is 0.177 e. The molecule has 0 aliphatic heterocycles. The third-order valence-corrected chi connectivity index (χ3v) is 2.26. The van der Waals surface area contributed by atoms with Gasteiger partial charge < -0.3 is 5.11 Å². The number of phenols is 1. The van der Waals surface area contributed by atoms with E-state index in [9.17, 15) is 0 Å². The van der Waals surface area contributed by atoms with Gasteiger partial charge in [0, 0.05) is 5.56 Å². The highest BCUT2D eigenvalue weighted by atomic mass is 35.5. The van der Waals surface area contributed by atoms with Gasteiger partial charge in [0.2, 0.25) is 0 Å². The van der Waals surface area contributed by atoms with E-state index in [1.807, 2.05) is 6.07 Å². The van der Waals surface area contributed by atoms with Crippen LogP contribution in [0.2, 0.25) is 5.15 Å². The van der Waals surface area contributed by atoms with E-state index in [-0.39, 0.29) is 16.6 Å². The molecule has 0 spiro atoms. The monoisotopic (exact) mass is 231 g/mol. The number of aromatic nitrogens is 2. The Bertz CT molecular complexity index is 560. The number of rotatable bonds is 1. The van der Waals surface area contributed by atoms with Crippen LogP contribution in [0.4, 0.5) is 0 Å². The molecule has 5 heteroatoms. The van der Waals surface area contributed by atoms with Crippen LogP contribution < -0.4 is 0 Å². The van der Waals surface area contributed by atoms with Gasteiger partial charge in [-0.1, -0.05) is 11.6 Å². The summed E-state index contributed by atoms with van der Waals surface area (Å²) in [5, 5.41) is 17.9. The zero-order chi connectivity index (χ0) is 11.5. The molecule has 1 heterocycles. The molecule has 0 unspecified atom stereocenters. The highest BCUT2D eigenvalue weighted by molar-refractivity contribution is 6.30. The van der Waals surface area contributed by atoms with Crippen LogP contribution in [-0.2, 0) is 0 Å². The number of hydrogen-bond donors (Lipinski definition) is 1. The first-order valence-corrected chi connectivity index (χ1v) is 4.80. The number of nitrogens with zero attached hydrogens (tertiary/aromatic N) is 3. The standard InChI is InChI=1S/C11H6ClN3O/c12-11-9(5-13)14-6-10(15-11)7-1-3-8(16)4-2-7/h1-4,6,16H. The fourth-order valence-corrected chi connectivity index (χ4v) is 1.39. The van der Waals surface area contributed by atoms with Crippen molar-refractivity contribution in [2.45, 2.75) is 0 Å². The van der Waals surface area contributed by atoms with E-state index in [0.717, 1.165) is 5.56 Å². The fraction of sp³-hybridized carbons (Fsp3) is 0. The summed E-state index contributed by atoms with van der Waals surface area (Å²) in [6.45, 7) is 0. The van der Waals surface area contributed by atoms with E-state index >= 15 is 0 Å². The Balaban J connectivity index is 2.46. The third kappa shape index (κ3) is 1.95. The predicted octanol–water partition coefficient (Wildman–Crippen LogP) is 2.37. The molecule has 0 aliphatic carbocycles. The van der Waals surface area contributed by atoms with Crippen molar-refractivity contribution < 1.29 is 5.11 Å². The van der Waals surface area contributed by atoms with Gasteiger partial charge in [0.25, 0.3) is 0 Å². The molecular weight excluding hydrogens is 226 g/mol. The van der Waals surface area contributed by atoms with Gasteiger partial charge in [0.15, 0.2) is 10.8 Å². The molecule has 0 bridgehead atoms. The van der Waals surface area contributed by atoms with E-state index in [2.05, 4.69) is 9.97 Å². The number of halogens is 1. The van der Waals surface area contributed by atoms with Crippen LogP contribution in [0.5, 0.6) is 5.75 Å². The lowest BCUT2D eigenvalue weighted by atomic mass is 10.1. The number of hydrogen-bond acceptors (Lipinski definition) is 4. The average Bonchev–Trinajstić information content (AvgIpc) is 2.30. The summed E-state index contributed by atoms with van der Waals surface area (Å²) in [6.07, 6.45) is 1.47. The molecule has 0 atom stereocenters. The Labute approximate surface area is 96.8 Å². The topological polar surface area (TPSA) is 69.8 Å². The molecule has 0 saturated carbocycles. The first kappa shape index (κ1) is 10.4. The molecule has 0 fully saturated rings. The normalized spacial score (nSPS) is 9.75. The summed E-state index contributed by atoms with van der Waals surface area (Å²) in [4.78, 5) is 7.92. The first-order valence-electron chi connectivity index (χ1n) is 4.43. The maximum absolute atomic E-state index is 9.14. The van der Waals surface area contributed by atoms with Crippen molar-refractivity contribution in [2.75, 3.05) is 0 Å². The predicted molar refractivity (Wildman–Crippen MR) is 58.9 cm³/mol. The van der Waals surface area contributed by atoms with Crippen LogP contribution in [0.1, 0.15) is 5.69 Å². The Morgan fingerprint density at radius 3 is 2.50 bits per heavy atom. The molecule has 0 radical (unpaired) electrons. The fourth-order valence-electron chi connectivity index (χ4n) is 1.21. The van der Waals surface area contributed by atoms with Crippen molar-refractivity contribution in [1.82, 2.24) is 9.97 Å². The van der Waals surface area contributed by atoms with Crippen LogP contribution in [-0.4, -0.2) is 15.1 Å². The molecule has 78 valence electrons. The molecule has 1 aromatic heterocycles. The summed E-state index contributed by atoms with van der Waals surface area (Å²) in [5.74, 6) is 0.177. The maximum atomic E-state index is 9.14. The second kappa shape index (κ2) is 4.17. The molecule has 1 N–H and O–H groups in total. The van der Waals surface area contributed by atoms with Gasteiger partial charge in [-0.05, 0) is 24.3 Å². The van der Waals surface area contributed by atoms with E-state index in [1.165, 1.54) is 6.20 Å². The Kier molecular flexibility index (Phi) is 2.71. The average molecular weight is 232 g/mol. The van der Waals surface area contributed by atoms with Crippen LogP contribution in [0.3, 0.4) is 0 Å².